The van der Waals surface area contributed by atoms with Crippen molar-refractivity contribution >= 4 is 17.7 Å². The molecule has 0 saturated carbocycles. The summed E-state index contributed by atoms with van der Waals surface area (Å²) in [5, 5.41) is 10.7. The predicted octanol–water partition coefficient (Wildman–Crippen LogP) is 4.04. The zero-order valence-corrected chi connectivity index (χ0v) is 26.0. The fraction of sp³-hybridized carbons (Fsp3) is 0.618. The van der Waals surface area contributed by atoms with Crippen molar-refractivity contribution in [1.82, 2.24) is 14.7 Å². The maximum Gasteiger partial charge on any atom is 0.249 e. The van der Waals surface area contributed by atoms with Crippen LogP contribution in [0.3, 0.4) is 0 Å². The Bertz CT molecular complexity index is 1170. The number of likely N-dealkylation sites (tertiary alicyclic amines) is 1. The van der Waals surface area contributed by atoms with Gasteiger partial charge >= 0.3 is 0 Å². The lowest BCUT2D eigenvalue weighted by atomic mass is 9.62. The van der Waals surface area contributed by atoms with Gasteiger partial charge in [0, 0.05) is 26.2 Å². The molecule has 0 aliphatic carbocycles. The van der Waals surface area contributed by atoms with Gasteiger partial charge in [-0.2, -0.15) is 0 Å². The predicted molar refractivity (Wildman–Crippen MR) is 163 cm³/mol. The Morgan fingerprint density at radius 1 is 1.14 bits per heavy atom. The molecule has 1 spiro atoms. The second-order valence-corrected chi connectivity index (χ2v) is 12.7. The Morgan fingerprint density at radius 3 is 2.36 bits per heavy atom. The second-order valence-electron chi connectivity index (χ2n) is 12.7. The van der Waals surface area contributed by atoms with Gasteiger partial charge in [-0.15, -0.1) is 13.2 Å². The van der Waals surface area contributed by atoms with Crippen molar-refractivity contribution in [2.75, 3.05) is 26.2 Å². The number of carbonyl (C=O) groups excluding carboxylic acids is 3. The van der Waals surface area contributed by atoms with Crippen molar-refractivity contribution in [2.24, 2.45) is 23.7 Å². The quantitative estimate of drug-likeness (QED) is 0.336. The van der Waals surface area contributed by atoms with Crippen LogP contribution in [-0.4, -0.2) is 87.1 Å². The van der Waals surface area contributed by atoms with Gasteiger partial charge in [-0.25, -0.2) is 0 Å². The summed E-state index contributed by atoms with van der Waals surface area (Å²) < 4.78 is 6.95. The number of aliphatic hydroxyl groups excluding tert-OH is 1. The normalized spacial score (nSPS) is 31.0. The first-order chi connectivity index (χ1) is 20.1. The Morgan fingerprint density at radius 2 is 1.79 bits per heavy atom. The van der Waals surface area contributed by atoms with Crippen molar-refractivity contribution in [1.29, 1.82) is 0 Å². The summed E-state index contributed by atoms with van der Waals surface area (Å²) in [5.74, 6) is -2.31. The van der Waals surface area contributed by atoms with Crippen LogP contribution in [0.1, 0.15) is 59.4 Å². The molecule has 3 heterocycles. The van der Waals surface area contributed by atoms with E-state index in [2.05, 4.69) is 20.1 Å². The van der Waals surface area contributed by atoms with Gasteiger partial charge in [0.15, 0.2) is 0 Å². The second kappa shape index (κ2) is 12.7. The third-order valence-electron chi connectivity index (χ3n) is 10.1. The summed E-state index contributed by atoms with van der Waals surface area (Å²) in [5.41, 5.74) is -1.11. The molecule has 3 saturated heterocycles. The molecule has 0 radical (unpaired) electrons. The van der Waals surface area contributed by atoms with Gasteiger partial charge in [-0.1, -0.05) is 76.6 Å². The summed E-state index contributed by atoms with van der Waals surface area (Å²) in [6.45, 7) is 19.0. The van der Waals surface area contributed by atoms with E-state index in [1.165, 1.54) is 0 Å². The van der Waals surface area contributed by atoms with E-state index >= 15 is 0 Å². The molecule has 4 rings (SSSR count). The SMILES string of the molecule is C=CCN(Cc1ccccc1)C(=O)C1N([C@@H](CO)[C@@H](C)CC)C(=O)[C@@H]2[C@H](C(=O)N(CC=C)CCC)[C@@]3(C)OC12CC3C. The Balaban J connectivity index is 1.86. The summed E-state index contributed by atoms with van der Waals surface area (Å²) >= 11 is 0. The minimum absolute atomic E-state index is 0.0592. The van der Waals surface area contributed by atoms with Crippen LogP contribution in [0.5, 0.6) is 0 Å². The molecule has 3 fully saturated rings. The molecule has 0 aromatic heterocycles. The van der Waals surface area contributed by atoms with Gasteiger partial charge in [0.1, 0.15) is 11.6 Å². The Hall–Kier alpha value is -2.97. The Kier molecular flexibility index (Phi) is 9.68. The van der Waals surface area contributed by atoms with E-state index in [4.69, 9.17) is 4.74 Å². The fourth-order valence-corrected chi connectivity index (χ4v) is 7.78. The standard InChI is InChI=1S/C34H49N3O5/c1-8-17-35(18-9-2)30(39)27-28-31(40)37(26(22-38)23(5)11-4)29(34(28)20-24(6)33(27,7)42-34)32(41)36(19-10-3)21-25-15-13-12-14-16-25/h8,10,12-16,23-24,26-29,38H,1,3,9,11,17-22H2,2,4-7H3/t23-,24?,26-,27+,28-,29?,33-,34?/m0/s1. The minimum atomic E-state index is -1.17. The van der Waals surface area contributed by atoms with Gasteiger partial charge in [0.2, 0.25) is 17.7 Å². The van der Waals surface area contributed by atoms with Crippen molar-refractivity contribution in [2.45, 2.75) is 83.7 Å². The van der Waals surface area contributed by atoms with Crippen molar-refractivity contribution < 1.29 is 24.2 Å². The molecule has 2 bridgehead atoms. The zero-order chi connectivity index (χ0) is 30.8. The monoisotopic (exact) mass is 579 g/mol. The van der Waals surface area contributed by atoms with E-state index < -0.39 is 35.1 Å². The third-order valence-corrected chi connectivity index (χ3v) is 10.1. The summed E-state index contributed by atoms with van der Waals surface area (Å²) in [4.78, 5) is 48.9. The van der Waals surface area contributed by atoms with Crippen LogP contribution in [-0.2, 0) is 25.7 Å². The number of aliphatic hydroxyl groups is 1. The van der Waals surface area contributed by atoms with Crippen molar-refractivity contribution in [3.05, 3.63) is 61.2 Å². The maximum absolute atomic E-state index is 14.8. The summed E-state index contributed by atoms with van der Waals surface area (Å²) in [7, 11) is 0. The lowest BCUT2D eigenvalue weighted by Gasteiger charge is -2.41. The van der Waals surface area contributed by atoms with Crippen LogP contribution in [0.2, 0.25) is 0 Å². The molecule has 3 aliphatic heterocycles. The number of rotatable bonds is 14. The number of nitrogens with zero attached hydrogens (tertiary/aromatic N) is 3. The smallest absolute Gasteiger partial charge is 0.249 e. The minimum Gasteiger partial charge on any atom is -0.394 e. The summed E-state index contributed by atoms with van der Waals surface area (Å²) in [6.07, 6.45) is 5.37. The third kappa shape index (κ3) is 5.11. The molecule has 3 amide bonds. The number of hydrogen-bond acceptors (Lipinski definition) is 5. The van der Waals surface area contributed by atoms with Crippen molar-refractivity contribution in [3.8, 4) is 0 Å². The number of hydrogen-bond donors (Lipinski definition) is 1. The highest BCUT2D eigenvalue weighted by Gasteiger charge is 2.80. The molecule has 8 nitrogen and oxygen atoms in total. The maximum atomic E-state index is 14.8. The number of benzene rings is 1. The highest BCUT2D eigenvalue weighted by molar-refractivity contribution is 5.99. The number of carbonyl (C=O) groups is 3. The number of amides is 3. The molecule has 42 heavy (non-hydrogen) atoms. The van der Waals surface area contributed by atoms with Gasteiger partial charge in [0.25, 0.3) is 0 Å². The highest BCUT2D eigenvalue weighted by Crippen LogP contribution is 2.66. The molecule has 8 atom stereocenters. The van der Waals surface area contributed by atoms with Crippen LogP contribution in [0.15, 0.2) is 55.6 Å². The molecule has 1 aromatic carbocycles. The van der Waals surface area contributed by atoms with E-state index in [0.717, 1.165) is 18.4 Å². The number of ether oxygens (including phenoxy) is 1. The van der Waals surface area contributed by atoms with Crippen LogP contribution in [0.25, 0.3) is 0 Å². The van der Waals surface area contributed by atoms with E-state index in [9.17, 15) is 19.5 Å². The molecule has 230 valence electrons. The average molecular weight is 580 g/mol. The average Bonchev–Trinajstić information content (AvgIpc) is 3.49. The Labute approximate surface area is 251 Å². The van der Waals surface area contributed by atoms with Crippen LogP contribution < -0.4 is 0 Å². The molecular weight excluding hydrogens is 530 g/mol. The van der Waals surface area contributed by atoms with E-state index in [1.807, 2.05) is 58.0 Å². The molecule has 1 aromatic rings. The first-order valence-corrected chi connectivity index (χ1v) is 15.5. The topological polar surface area (TPSA) is 90.4 Å². The lowest BCUT2D eigenvalue weighted by Crippen LogP contribution is -2.59. The van der Waals surface area contributed by atoms with E-state index in [0.29, 0.717) is 32.6 Å². The van der Waals surface area contributed by atoms with Crippen molar-refractivity contribution in [3.63, 3.8) is 0 Å². The molecule has 1 N–H and O–H groups in total. The van der Waals surface area contributed by atoms with Crippen LogP contribution in [0.4, 0.5) is 0 Å². The van der Waals surface area contributed by atoms with Gasteiger partial charge < -0.3 is 24.5 Å². The molecule has 3 unspecified atom stereocenters. The largest absolute Gasteiger partial charge is 0.394 e. The van der Waals surface area contributed by atoms with Gasteiger partial charge in [-0.3, -0.25) is 14.4 Å². The van der Waals surface area contributed by atoms with Crippen LogP contribution >= 0.6 is 0 Å². The van der Waals surface area contributed by atoms with E-state index in [1.54, 1.807) is 26.9 Å². The molecular formula is C34H49N3O5. The highest BCUT2D eigenvalue weighted by atomic mass is 16.5. The first kappa shape index (κ1) is 32.0. The van der Waals surface area contributed by atoms with E-state index in [-0.39, 0.29) is 36.2 Å². The van der Waals surface area contributed by atoms with Gasteiger partial charge in [0.05, 0.1) is 30.1 Å². The lowest BCUT2D eigenvalue weighted by molar-refractivity contribution is -0.159. The molecule has 8 heteroatoms. The number of fused-ring (bicyclic) bond motifs is 1. The molecule has 3 aliphatic rings. The first-order valence-electron chi connectivity index (χ1n) is 15.5. The van der Waals surface area contributed by atoms with Gasteiger partial charge in [-0.05, 0) is 37.2 Å². The zero-order valence-electron chi connectivity index (χ0n) is 26.0. The van der Waals surface area contributed by atoms with Crippen LogP contribution in [0, 0.1) is 23.7 Å². The fourth-order valence-electron chi connectivity index (χ4n) is 7.78. The summed E-state index contributed by atoms with van der Waals surface area (Å²) in [6, 6.07) is 8.18.